The van der Waals surface area contributed by atoms with Crippen molar-refractivity contribution in [2.24, 2.45) is 0 Å². The molecule has 0 amide bonds. The highest BCUT2D eigenvalue weighted by Crippen LogP contribution is 2.20. The summed E-state index contributed by atoms with van der Waals surface area (Å²) in [6, 6.07) is 4.90. The van der Waals surface area contributed by atoms with E-state index in [4.69, 9.17) is 0 Å². The van der Waals surface area contributed by atoms with Crippen LogP contribution >= 0.6 is 0 Å². The number of rotatable bonds is 1. The van der Waals surface area contributed by atoms with Crippen LogP contribution in [-0.2, 0) is 0 Å². The SMILES string of the molecule is CC.CC.Cc1cc(C)cc(C(F)F)c1. The van der Waals surface area contributed by atoms with Gasteiger partial charge in [0.1, 0.15) is 0 Å². The quantitative estimate of drug-likeness (QED) is 0.598. The van der Waals surface area contributed by atoms with Gasteiger partial charge in [0.25, 0.3) is 6.43 Å². The standard InChI is InChI=1S/C9H10F2.2C2H6/c1-6-3-7(2)5-8(4-6)9(10)11;2*1-2/h3-5,9H,1-2H3;2*1-2H3. The van der Waals surface area contributed by atoms with Gasteiger partial charge in [-0.05, 0) is 13.8 Å². The summed E-state index contributed by atoms with van der Waals surface area (Å²) in [6.45, 7) is 11.6. The second-order valence-electron chi connectivity index (χ2n) is 2.72. The molecule has 2 heteroatoms. The number of hydrogen-bond acceptors (Lipinski definition) is 0. The lowest BCUT2D eigenvalue weighted by Gasteiger charge is -2.02. The first kappa shape index (κ1) is 16.5. The third kappa shape index (κ3) is 7.06. The average Bonchev–Trinajstić information content (AvgIpc) is 2.22. The zero-order valence-electron chi connectivity index (χ0n) is 10.6. The Bertz CT molecular complexity index is 234. The van der Waals surface area contributed by atoms with Crippen LogP contribution in [0.5, 0.6) is 0 Å². The van der Waals surface area contributed by atoms with Gasteiger partial charge in [-0.15, -0.1) is 0 Å². The molecule has 0 N–H and O–H groups in total. The smallest absolute Gasteiger partial charge is 0.205 e. The molecule has 0 bridgehead atoms. The Hall–Kier alpha value is -0.920. The zero-order valence-corrected chi connectivity index (χ0v) is 10.6. The van der Waals surface area contributed by atoms with E-state index in [-0.39, 0.29) is 5.56 Å². The summed E-state index contributed by atoms with van der Waals surface area (Å²) in [7, 11) is 0. The maximum atomic E-state index is 12.1. The molecular weight excluding hydrogens is 194 g/mol. The third-order valence-electron chi connectivity index (χ3n) is 1.50. The molecule has 0 nitrogen and oxygen atoms in total. The van der Waals surface area contributed by atoms with Crippen LogP contribution in [0.2, 0.25) is 0 Å². The van der Waals surface area contributed by atoms with Crippen molar-refractivity contribution in [3.63, 3.8) is 0 Å². The van der Waals surface area contributed by atoms with Gasteiger partial charge in [0.05, 0.1) is 0 Å². The minimum Gasteiger partial charge on any atom is -0.205 e. The van der Waals surface area contributed by atoms with Crippen molar-refractivity contribution in [3.05, 3.63) is 34.9 Å². The molecule has 0 heterocycles. The van der Waals surface area contributed by atoms with Crippen molar-refractivity contribution < 1.29 is 8.78 Å². The van der Waals surface area contributed by atoms with Gasteiger partial charge in [-0.1, -0.05) is 57.0 Å². The molecule has 1 aromatic carbocycles. The Kier molecular flexibility index (Phi) is 10.6. The van der Waals surface area contributed by atoms with E-state index in [1.165, 1.54) is 12.1 Å². The molecule has 1 aromatic rings. The number of alkyl halides is 2. The van der Waals surface area contributed by atoms with E-state index in [0.29, 0.717) is 0 Å². The van der Waals surface area contributed by atoms with Crippen LogP contribution in [-0.4, -0.2) is 0 Å². The Morgan fingerprint density at radius 3 is 1.40 bits per heavy atom. The van der Waals surface area contributed by atoms with Crippen LogP contribution in [0.15, 0.2) is 18.2 Å². The van der Waals surface area contributed by atoms with Crippen molar-refractivity contribution in [1.29, 1.82) is 0 Å². The summed E-state index contributed by atoms with van der Waals surface area (Å²) in [4.78, 5) is 0. The zero-order chi connectivity index (χ0) is 12.4. The molecule has 0 spiro atoms. The van der Waals surface area contributed by atoms with Gasteiger partial charge in [0.15, 0.2) is 0 Å². The lowest BCUT2D eigenvalue weighted by molar-refractivity contribution is 0.151. The summed E-state index contributed by atoms with van der Waals surface area (Å²) < 4.78 is 24.3. The summed E-state index contributed by atoms with van der Waals surface area (Å²) in [5.41, 5.74) is 1.89. The molecule has 0 saturated heterocycles. The number of benzene rings is 1. The fourth-order valence-corrected chi connectivity index (χ4v) is 1.14. The Labute approximate surface area is 92.3 Å². The average molecular weight is 216 g/mol. The molecule has 0 aliphatic rings. The van der Waals surface area contributed by atoms with Crippen molar-refractivity contribution in [2.75, 3.05) is 0 Å². The van der Waals surface area contributed by atoms with Gasteiger partial charge >= 0.3 is 0 Å². The molecule has 0 aromatic heterocycles. The van der Waals surface area contributed by atoms with E-state index in [0.717, 1.165) is 11.1 Å². The molecule has 0 fully saturated rings. The monoisotopic (exact) mass is 216 g/mol. The molecule has 1 rings (SSSR count). The predicted octanol–water partition coefficient (Wildman–Crippen LogP) is 5.29. The highest BCUT2D eigenvalue weighted by atomic mass is 19.3. The van der Waals surface area contributed by atoms with Crippen LogP contribution in [0.3, 0.4) is 0 Å². The fourth-order valence-electron chi connectivity index (χ4n) is 1.14. The first-order chi connectivity index (χ1) is 7.09. The van der Waals surface area contributed by atoms with E-state index >= 15 is 0 Å². The molecule has 0 radical (unpaired) electrons. The highest BCUT2D eigenvalue weighted by molar-refractivity contribution is 5.29. The molecule has 0 aliphatic heterocycles. The number of aryl methyl sites for hydroxylation is 2. The molecule has 0 unspecified atom stereocenters. The normalized spacial score (nSPS) is 8.60. The van der Waals surface area contributed by atoms with E-state index in [1.807, 2.05) is 47.6 Å². The second-order valence-corrected chi connectivity index (χ2v) is 2.72. The summed E-state index contributed by atoms with van der Waals surface area (Å²) in [6.07, 6.45) is -2.35. The molecular formula is C13H22F2. The second kappa shape index (κ2) is 9.63. The molecule has 15 heavy (non-hydrogen) atoms. The minimum absolute atomic E-state index is 0.113. The summed E-state index contributed by atoms with van der Waals surface area (Å²) in [5.74, 6) is 0. The van der Waals surface area contributed by atoms with Gasteiger partial charge in [-0.25, -0.2) is 8.78 Å². The first-order valence-corrected chi connectivity index (χ1v) is 5.46. The first-order valence-electron chi connectivity index (χ1n) is 5.46. The van der Waals surface area contributed by atoms with Crippen molar-refractivity contribution >= 4 is 0 Å². The van der Waals surface area contributed by atoms with Crippen LogP contribution in [0.1, 0.15) is 50.8 Å². The summed E-state index contributed by atoms with van der Waals surface area (Å²) >= 11 is 0. The van der Waals surface area contributed by atoms with Gasteiger partial charge in [0.2, 0.25) is 0 Å². The van der Waals surface area contributed by atoms with Gasteiger partial charge in [0, 0.05) is 5.56 Å². The van der Waals surface area contributed by atoms with E-state index in [2.05, 4.69) is 0 Å². The van der Waals surface area contributed by atoms with E-state index < -0.39 is 6.43 Å². The van der Waals surface area contributed by atoms with Gasteiger partial charge < -0.3 is 0 Å². The highest BCUT2D eigenvalue weighted by Gasteiger charge is 2.06. The third-order valence-corrected chi connectivity index (χ3v) is 1.50. The Balaban J connectivity index is 0. The minimum atomic E-state index is -2.35. The summed E-state index contributed by atoms with van der Waals surface area (Å²) in [5, 5.41) is 0. The van der Waals surface area contributed by atoms with Crippen LogP contribution in [0.4, 0.5) is 8.78 Å². The van der Waals surface area contributed by atoms with Crippen LogP contribution in [0.25, 0.3) is 0 Å². The van der Waals surface area contributed by atoms with Crippen LogP contribution in [0, 0.1) is 13.8 Å². The van der Waals surface area contributed by atoms with E-state index in [1.54, 1.807) is 0 Å². The Morgan fingerprint density at radius 2 is 1.13 bits per heavy atom. The molecule has 0 atom stereocenters. The molecule has 0 aliphatic carbocycles. The van der Waals surface area contributed by atoms with E-state index in [9.17, 15) is 8.78 Å². The molecule has 88 valence electrons. The van der Waals surface area contributed by atoms with Crippen molar-refractivity contribution in [3.8, 4) is 0 Å². The van der Waals surface area contributed by atoms with Crippen LogP contribution < -0.4 is 0 Å². The van der Waals surface area contributed by atoms with Gasteiger partial charge in [-0.2, -0.15) is 0 Å². The topological polar surface area (TPSA) is 0 Å². The largest absolute Gasteiger partial charge is 0.263 e. The lowest BCUT2D eigenvalue weighted by Crippen LogP contribution is -1.86. The van der Waals surface area contributed by atoms with Crippen molar-refractivity contribution in [2.45, 2.75) is 48.0 Å². The predicted molar refractivity (Wildman–Crippen MR) is 63.6 cm³/mol. The molecule has 0 saturated carbocycles. The lowest BCUT2D eigenvalue weighted by atomic mass is 10.1. The number of halogens is 2. The van der Waals surface area contributed by atoms with Gasteiger partial charge in [-0.3, -0.25) is 0 Å². The fraction of sp³-hybridized carbons (Fsp3) is 0.538. The Morgan fingerprint density at radius 1 is 0.800 bits per heavy atom. The maximum Gasteiger partial charge on any atom is 0.263 e. The maximum absolute atomic E-state index is 12.1. The van der Waals surface area contributed by atoms with Crippen molar-refractivity contribution in [1.82, 2.24) is 0 Å². The number of hydrogen-bond donors (Lipinski definition) is 0.